The zero-order chi connectivity index (χ0) is 37.5. The summed E-state index contributed by atoms with van der Waals surface area (Å²) < 4.78 is 0. The van der Waals surface area contributed by atoms with Gasteiger partial charge in [0.05, 0.1) is 0 Å². The van der Waals surface area contributed by atoms with Gasteiger partial charge in [-0.3, -0.25) is 9.80 Å². The summed E-state index contributed by atoms with van der Waals surface area (Å²) in [5.74, 6) is 8.62. The average Bonchev–Trinajstić information content (AvgIpc) is 3.29. The molecule has 0 aliphatic heterocycles. The molecule has 9 aliphatic carbocycles. The van der Waals surface area contributed by atoms with Crippen molar-refractivity contribution in [1.29, 1.82) is 0 Å². The third-order valence-electron chi connectivity index (χ3n) is 20.4. The molecular formula is C54H94N2. The van der Waals surface area contributed by atoms with Crippen molar-refractivity contribution in [1.82, 2.24) is 9.80 Å². The lowest BCUT2D eigenvalue weighted by Gasteiger charge is -2.53. The van der Waals surface area contributed by atoms with Gasteiger partial charge in [0.25, 0.3) is 0 Å². The molecular weight excluding hydrogens is 677 g/mol. The Morgan fingerprint density at radius 3 is 0.464 bits per heavy atom. The second-order valence-electron chi connectivity index (χ2n) is 23.2. The molecule has 0 unspecified atom stereocenters. The first-order valence-electron chi connectivity index (χ1n) is 27.3. The minimum atomic E-state index is 0.893. The molecule has 0 spiro atoms. The van der Waals surface area contributed by atoms with Crippen LogP contribution in [0.3, 0.4) is 0 Å². The minimum Gasteiger partial charge on any atom is -0.294 e. The Labute approximate surface area is 349 Å². The van der Waals surface area contributed by atoms with Crippen LogP contribution in [0.5, 0.6) is 0 Å². The predicted molar refractivity (Wildman–Crippen MR) is 239 cm³/mol. The fourth-order valence-corrected chi connectivity index (χ4v) is 17.4. The Morgan fingerprint density at radius 2 is 0.286 bits per heavy atom. The van der Waals surface area contributed by atoms with Gasteiger partial charge in [0.1, 0.15) is 0 Å². The molecule has 9 rings (SSSR count). The smallest absolute Gasteiger partial charge is 0.0102 e. The molecule has 0 radical (unpaired) electrons. The maximum atomic E-state index is 3.36. The van der Waals surface area contributed by atoms with Gasteiger partial charge in [-0.15, -0.1) is 0 Å². The van der Waals surface area contributed by atoms with E-state index in [-0.39, 0.29) is 0 Å². The summed E-state index contributed by atoms with van der Waals surface area (Å²) >= 11 is 0. The molecule has 0 amide bonds. The van der Waals surface area contributed by atoms with Gasteiger partial charge < -0.3 is 0 Å². The van der Waals surface area contributed by atoms with Gasteiger partial charge in [-0.1, -0.05) is 128 Å². The van der Waals surface area contributed by atoms with Crippen LogP contribution in [0.4, 0.5) is 0 Å². The number of hydrogen-bond acceptors (Lipinski definition) is 2. The normalized spacial score (nSPS) is 41.2. The van der Waals surface area contributed by atoms with Crippen LogP contribution in [-0.2, 0) is 0 Å². The van der Waals surface area contributed by atoms with E-state index in [1.165, 1.54) is 103 Å². The molecule has 0 atom stereocenters. The molecule has 56 heavy (non-hydrogen) atoms. The largest absolute Gasteiger partial charge is 0.294 e. The Kier molecular flexibility index (Phi) is 15.2. The molecule has 0 aromatic heterocycles. The van der Waals surface area contributed by atoms with Gasteiger partial charge in [0.15, 0.2) is 0 Å². The van der Waals surface area contributed by atoms with E-state index in [2.05, 4.69) is 9.80 Å². The van der Waals surface area contributed by atoms with Gasteiger partial charge in [-0.05, 0) is 176 Å². The Balaban J connectivity index is 0.860. The first kappa shape index (κ1) is 41.3. The Hall–Kier alpha value is -0.0800. The maximum Gasteiger partial charge on any atom is 0.0102 e. The molecule has 0 aromatic rings. The van der Waals surface area contributed by atoms with E-state index in [1.54, 1.807) is 154 Å². The number of rotatable bonds is 10. The highest BCUT2D eigenvalue weighted by Crippen LogP contribution is 2.48. The van der Waals surface area contributed by atoms with E-state index in [1.807, 2.05) is 0 Å². The highest BCUT2D eigenvalue weighted by atomic mass is 15.2. The van der Waals surface area contributed by atoms with Crippen molar-refractivity contribution in [2.45, 2.75) is 293 Å². The minimum absolute atomic E-state index is 0.893. The van der Waals surface area contributed by atoms with Crippen molar-refractivity contribution in [2.24, 2.45) is 47.3 Å². The molecule has 2 nitrogen and oxygen atoms in total. The van der Waals surface area contributed by atoms with Crippen molar-refractivity contribution in [3.63, 3.8) is 0 Å². The number of hydrogen-bond donors (Lipinski definition) is 0. The predicted octanol–water partition coefficient (Wildman–Crippen LogP) is 15.5. The standard InChI is InChI=1S/C54H94N2/c1-5-13-41(14-6-1)45-21-29-49(30-22-45)55(50-31-23-46(24-32-50)42-15-7-2-8-16-42)53-37-39-54(40-38-53)56(51-33-25-47(26-34-51)43-17-9-3-10-18-43)52-35-27-48(28-36-52)44-19-11-4-12-20-44/h41-54H,1-40H2. The zero-order valence-corrected chi connectivity index (χ0v) is 37.3. The fourth-order valence-electron chi connectivity index (χ4n) is 17.4. The van der Waals surface area contributed by atoms with Crippen LogP contribution in [-0.4, -0.2) is 46.1 Å². The summed E-state index contributed by atoms with van der Waals surface area (Å²) in [7, 11) is 0. The monoisotopic (exact) mass is 771 g/mol. The molecule has 9 aliphatic rings. The lowest BCUT2D eigenvalue weighted by atomic mass is 9.69. The Morgan fingerprint density at radius 1 is 0.143 bits per heavy atom. The lowest BCUT2D eigenvalue weighted by Crippen LogP contribution is -2.57. The molecule has 320 valence electrons. The summed E-state index contributed by atoms with van der Waals surface area (Å²) in [6.45, 7) is 0. The molecule has 9 saturated carbocycles. The fraction of sp³-hybridized carbons (Fsp3) is 1.00. The van der Waals surface area contributed by atoms with Crippen LogP contribution in [0.15, 0.2) is 0 Å². The van der Waals surface area contributed by atoms with Gasteiger partial charge in [0.2, 0.25) is 0 Å². The molecule has 0 saturated heterocycles. The van der Waals surface area contributed by atoms with E-state index in [4.69, 9.17) is 0 Å². The second kappa shape index (κ2) is 20.7. The highest BCUT2D eigenvalue weighted by molar-refractivity contribution is 4.99. The first-order chi connectivity index (χ1) is 27.8. The van der Waals surface area contributed by atoms with E-state index in [9.17, 15) is 0 Å². The molecule has 0 bridgehead atoms. The van der Waals surface area contributed by atoms with Crippen LogP contribution in [0, 0.1) is 47.3 Å². The van der Waals surface area contributed by atoms with Gasteiger partial charge in [-0.2, -0.15) is 0 Å². The SMILES string of the molecule is C1CCC(C2CCC(N(C3CCC(C4CCCCC4)CC3)C3CCC(N(C4CCC(C5CCCCC5)CC4)C4CCC(C5CCCCC5)CC4)CC3)CC2)CC1. The Bertz CT molecular complexity index is 921. The van der Waals surface area contributed by atoms with Crippen LogP contribution in [0.2, 0.25) is 0 Å². The van der Waals surface area contributed by atoms with Gasteiger partial charge >= 0.3 is 0 Å². The molecule has 9 fully saturated rings. The van der Waals surface area contributed by atoms with E-state index in [0.29, 0.717) is 0 Å². The topological polar surface area (TPSA) is 6.48 Å². The third-order valence-corrected chi connectivity index (χ3v) is 20.4. The van der Waals surface area contributed by atoms with E-state index in [0.717, 1.165) is 83.6 Å². The van der Waals surface area contributed by atoms with Crippen molar-refractivity contribution >= 4 is 0 Å². The van der Waals surface area contributed by atoms with E-state index >= 15 is 0 Å². The average molecular weight is 771 g/mol. The highest BCUT2D eigenvalue weighted by Gasteiger charge is 2.44. The third kappa shape index (κ3) is 10.2. The molecule has 2 heteroatoms. The summed E-state index contributed by atoms with van der Waals surface area (Å²) in [5.41, 5.74) is 0. The summed E-state index contributed by atoms with van der Waals surface area (Å²) in [6, 6.07) is 5.43. The summed E-state index contributed by atoms with van der Waals surface area (Å²) in [5, 5.41) is 0. The van der Waals surface area contributed by atoms with Gasteiger partial charge in [0, 0.05) is 36.3 Å². The van der Waals surface area contributed by atoms with Gasteiger partial charge in [-0.25, -0.2) is 0 Å². The van der Waals surface area contributed by atoms with Crippen molar-refractivity contribution in [3.05, 3.63) is 0 Å². The van der Waals surface area contributed by atoms with Crippen molar-refractivity contribution in [2.75, 3.05) is 0 Å². The molecule has 0 heterocycles. The molecule has 0 N–H and O–H groups in total. The van der Waals surface area contributed by atoms with Crippen LogP contribution >= 0.6 is 0 Å². The second-order valence-corrected chi connectivity index (χ2v) is 23.2. The summed E-state index contributed by atoms with van der Waals surface area (Å²) in [6.07, 6.45) is 61.9. The van der Waals surface area contributed by atoms with Crippen molar-refractivity contribution < 1.29 is 0 Å². The molecule has 0 aromatic carbocycles. The van der Waals surface area contributed by atoms with Crippen LogP contribution in [0.1, 0.15) is 257 Å². The van der Waals surface area contributed by atoms with Crippen LogP contribution < -0.4 is 0 Å². The van der Waals surface area contributed by atoms with Crippen LogP contribution in [0.25, 0.3) is 0 Å². The van der Waals surface area contributed by atoms with E-state index < -0.39 is 0 Å². The zero-order valence-electron chi connectivity index (χ0n) is 37.3. The lowest BCUT2D eigenvalue weighted by molar-refractivity contribution is -0.0346. The maximum absolute atomic E-state index is 3.36. The number of nitrogens with zero attached hydrogens (tertiary/aromatic N) is 2. The summed E-state index contributed by atoms with van der Waals surface area (Å²) in [4.78, 5) is 6.72. The quantitative estimate of drug-likeness (QED) is 0.218. The van der Waals surface area contributed by atoms with Crippen molar-refractivity contribution in [3.8, 4) is 0 Å². The first-order valence-corrected chi connectivity index (χ1v) is 27.3.